The fourth-order valence-electron chi connectivity index (χ4n) is 4.79. The van der Waals surface area contributed by atoms with Crippen LogP contribution in [-0.2, 0) is 4.74 Å². The predicted octanol–water partition coefficient (Wildman–Crippen LogP) is 6.22. The Morgan fingerprint density at radius 1 is 1.03 bits per heavy atom. The average molecular weight is 533 g/mol. The van der Waals surface area contributed by atoms with Crippen LogP contribution in [0.5, 0.6) is 0 Å². The molecule has 176 valence electrons. The first-order valence-corrected chi connectivity index (χ1v) is 12.0. The number of carbonyl (C=O) groups is 2. The summed E-state index contributed by atoms with van der Waals surface area (Å²) in [5.74, 6) is -0.506. The molecule has 0 amide bonds. The van der Waals surface area contributed by atoms with Crippen molar-refractivity contribution in [2.24, 2.45) is 5.92 Å². The Labute approximate surface area is 210 Å². The van der Waals surface area contributed by atoms with Crippen molar-refractivity contribution in [1.82, 2.24) is 0 Å². The number of nitrogens with zero attached hydrogens (tertiary/aromatic N) is 1. The van der Waals surface area contributed by atoms with Gasteiger partial charge < -0.3 is 10.1 Å². The Hall–Kier alpha value is -3.78. The van der Waals surface area contributed by atoms with Gasteiger partial charge in [-0.25, -0.2) is 4.79 Å². The fraction of sp³-hybridized carbons (Fsp3) is 0.185. The molecular formula is C27H21BrN2O5. The number of nitro groups is 1. The molecule has 0 saturated heterocycles. The van der Waals surface area contributed by atoms with Crippen LogP contribution in [-0.4, -0.2) is 23.3 Å². The van der Waals surface area contributed by atoms with E-state index in [0.29, 0.717) is 11.5 Å². The van der Waals surface area contributed by atoms with E-state index < -0.39 is 23.3 Å². The summed E-state index contributed by atoms with van der Waals surface area (Å²) in [7, 11) is 0. The third-order valence-corrected chi connectivity index (χ3v) is 7.09. The molecule has 8 heteroatoms. The topological polar surface area (TPSA) is 98.5 Å². The number of non-ortho nitro benzene ring substituents is 1. The fourth-order valence-corrected chi connectivity index (χ4v) is 5.05. The van der Waals surface area contributed by atoms with Crippen molar-refractivity contribution < 1.29 is 19.2 Å². The highest BCUT2D eigenvalue weighted by molar-refractivity contribution is 9.10. The number of hydrogen-bond acceptors (Lipinski definition) is 6. The molecule has 1 heterocycles. The van der Waals surface area contributed by atoms with Crippen LogP contribution >= 0.6 is 15.9 Å². The molecule has 35 heavy (non-hydrogen) atoms. The van der Waals surface area contributed by atoms with E-state index in [-0.39, 0.29) is 23.2 Å². The monoisotopic (exact) mass is 532 g/mol. The second kappa shape index (κ2) is 9.46. The van der Waals surface area contributed by atoms with Crippen LogP contribution in [0.25, 0.3) is 0 Å². The van der Waals surface area contributed by atoms with Gasteiger partial charge in [0, 0.05) is 33.8 Å². The lowest BCUT2D eigenvalue weighted by Gasteiger charge is -2.37. The maximum Gasteiger partial charge on any atom is 0.338 e. The third-order valence-electron chi connectivity index (χ3n) is 6.56. The number of fused-ring (bicyclic) bond motifs is 3. The van der Waals surface area contributed by atoms with Crippen LogP contribution in [0, 0.1) is 16.0 Å². The van der Waals surface area contributed by atoms with E-state index in [1.165, 1.54) is 29.8 Å². The second-order valence-corrected chi connectivity index (χ2v) is 9.55. The minimum atomic E-state index is -0.586. The van der Waals surface area contributed by atoms with Crippen molar-refractivity contribution in [3.63, 3.8) is 0 Å². The Bertz CT molecular complexity index is 1330. The molecule has 0 bridgehead atoms. The zero-order chi connectivity index (χ0) is 24.5. The van der Waals surface area contributed by atoms with Gasteiger partial charge in [0.25, 0.3) is 5.69 Å². The Morgan fingerprint density at radius 3 is 2.46 bits per heavy atom. The lowest BCUT2D eigenvalue weighted by atomic mass is 9.76. The van der Waals surface area contributed by atoms with Crippen LogP contribution in [0.2, 0.25) is 0 Å². The average Bonchev–Trinajstić information content (AvgIpc) is 3.37. The Kier molecular flexibility index (Phi) is 6.21. The van der Waals surface area contributed by atoms with E-state index in [1.807, 2.05) is 24.3 Å². The SMILES string of the molecule is O=C(COC(=O)c1ccc2c(c1)[C@@H]1C=CC[C@H]1[C@@H](c1ccc(Br)cc1)N2)c1ccc([N+](=O)[O-])cc1. The summed E-state index contributed by atoms with van der Waals surface area (Å²) < 4.78 is 6.30. The molecule has 0 spiro atoms. The molecule has 0 fully saturated rings. The number of esters is 1. The summed E-state index contributed by atoms with van der Waals surface area (Å²) in [6, 6.07) is 19.1. The lowest BCUT2D eigenvalue weighted by molar-refractivity contribution is -0.384. The van der Waals surface area contributed by atoms with Crippen molar-refractivity contribution in [2.75, 3.05) is 11.9 Å². The van der Waals surface area contributed by atoms with E-state index in [1.54, 1.807) is 6.07 Å². The van der Waals surface area contributed by atoms with Crippen molar-refractivity contribution in [1.29, 1.82) is 0 Å². The van der Waals surface area contributed by atoms with Crippen molar-refractivity contribution in [2.45, 2.75) is 18.4 Å². The van der Waals surface area contributed by atoms with E-state index in [2.05, 4.69) is 45.5 Å². The van der Waals surface area contributed by atoms with Gasteiger partial charge in [-0.2, -0.15) is 0 Å². The van der Waals surface area contributed by atoms with Gasteiger partial charge in [0.2, 0.25) is 0 Å². The minimum absolute atomic E-state index is 0.108. The summed E-state index contributed by atoms with van der Waals surface area (Å²) in [5.41, 5.74) is 3.74. The third kappa shape index (κ3) is 4.61. The first kappa shape index (κ1) is 23.0. The van der Waals surface area contributed by atoms with Crippen molar-refractivity contribution in [3.8, 4) is 0 Å². The standard InChI is InChI=1S/C27H21BrN2O5/c28-19-9-4-17(5-10-19)26-22-3-1-2-21(22)23-14-18(8-13-24(23)29-26)27(32)35-15-25(31)16-6-11-20(12-7-16)30(33)34/h1-2,4-14,21-22,26,29H,3,15H2/t21-,22-,26-/m1/s1. The van der Waals surface area contributed by atoms with Crippen molar-refractivity contribution >= 4 is 39.1 Å². The van der Waals surface area contributed by atoms with Gasteiger partial charge in [0.05, 0.1) is 16.5 Å². The van der Waals surface area contributed by atoms with Gasteiger partial charge in [-0.05, 0) is 65.9 Å². The largest absolute Gasteiger partial charge is 0.454 e. The summed E-state index contributed by atoms with van der Waals surface area (Å²) in [5, 5.41) is 14.4. The van der Waals surface area contributed by atoms with E-state index in [0.717, 1.165) is 22.1 Å². The summed E-state index contributed by atoms with van der Waals surface area (Å²) in [4.78, 5) is 35.3. The Morgan fingerprint density at radius 2 is 1.74 bits per heavy atom. The number of nitrogens with one attached hydrogen (secondary N) is 1. The number of benzene rings is 3. The molecule has 0 saturated carbocycles. The lowest BCUT2D eigenvalue weighted by Crippen LogP contribution is -2.29. The minimum Gasteiger partial charge on any atom is -0.454 e. The molecule has 1 aliphatic carbocycles. The number of allylic oxidation sites excluding steroid dienone is 2. The van der Waals surface area contributed by atoms with Gasteiger partial charge in [-0.1, -0.05) is 40.2 Å². The van der Waals surface area contributed by atoms with Gasteiger partial charge >= 0.3 is 5.97 Å². The van der Waals surface area contributed by atoms with Gasteiger partial charge in [-0.3, -0.25) is 14.9 Å². The zero-order valence-corrected chi connectivity index (χ0v) is 20.1. The number of Topliss-reactive ketones (excluding diaryl/α,β-unsaturated/α-hetero) is 1. The maximum atomic E-state index is 12.7. The predicted molar refractivity (Wildman–Crippen MR) is 135 cm³/mol. The number of rotatable bonds is 6. The first-order chi connectivity index (χ1) is 16.9. The van der Waals surface area contributed by atoms with Gasteiger partial charge in [-0.15, -0.1) is 0 Å². The number of carbonyl (C=O) groups excluding carboxylic acids is 2. The summed E-state index contributed by atoms with van der Waals surface area (Å²) in [6.45, 7) is -0.441. The molecule has 3 atom stereocenters. The molecule has 5 rings (SSSR count). The first-order valence-electron chi connectivity index (χ1n) is 11.2. The number of anilines is 1. The van der Waals surface area contributed by atoms with Crippen LogP contribution in [0.3, 0.4) is 0 Å². The van der Waals surface area contributed by atoms with Crippen LogP contribution < -0.4 is 5.32 Å². The molecule has 2 aliphatic rings. The number of ether oxygens (including phenoxy) is 1. The smallest absolute Gasteiger partial charge is 0.338 e. The number of ketones is 1. The molecular weight excluding hydrogens is 512 g/mol. The molecule has 7 nitrogen and oxygen atoms in total. The molecule has 0 aromatic heterocycles. The molecule has 3 aromatic carbocycles. The highest BCUT2D eigenvalue weighted by Gasteiger charge is 2.38. The summed E-state index contributed by atoms with van der Waals surface area (Å²) >= 11 is 3.49. The summed E-state index contributed by atoms with van der Waals surface area (Å²) in [6.07, 6.45) is 5.32. The normalized spacial score (nSPS) is 19.9. The van der Waals surface area contributed by atoms with Gasteiger partial charge in [0.15, 0.2) is 12.4 Å². The van der Waals surface area contributed by atoms with E-state index in [9.17, 15) is 19.7 Å². The number of nitro benzene ring substituents is 1. The van der Waals surface area contributed by atoms with Crippen molar-refractivity contribution in [3.05, 3.63) is 116 Å². The second-order valence-electron chi connectivity index (χ2n) is 8.63. The van der Waals surface area contributed by atoms with Gasteiger partial charge in [0.1, 0.15) is 0 Å². The molecule has 3 aromatic rings. The van der Waals surface area contributed by atoms with Crippen LogP contribution in [0.1, 0.15) is 50.2 Å². The van der Waals surface area contributed by atoms with E-state index >= 15 is 0 Å². The highest BCUT2D eigenvalue weighted by atomic mass is 79.9. The quantitative estimate of drug-likeness (QED) is 0.133. The van der Waals surface area contributed by atoms with Crippen LogP contribution in [0.4, 0.5) is 11.4 Å². The zero-order valence-electron chi connectivity index (χ0n) is 18.5. The number of halogens is 1. The Balaban J connectivity index is 1.30. The van der Waals surface area contributed by atoms with E-state index in [4.69, 9.17) is 4.74 Å². The molecule has 1 N–H and O–H groups in total. The maximum absolute atomic E-state index is 12.7. The molecule has 1 aliphatic heterocycles. The van der Waals surface area contributed by atoms with Crippen LogP contribution in [0.15, 0.2) is 83.4 Å². The number of hydrogen-bond donors (Lipinski definition) is 1. The molecule has 0 radical (unpaired) electrons. The molecule has 0 unspecified atom stereocenters. The highest BCUT2D eigenvalue weighted by Crippen LogP contribution is 2.50.